The minimum Gasteiger partial charge on any atom is -0.495 e. The van der Waals surface area contributed by atoms with Gasteiger partial charge < -0.3 is 9.47 Å². The second-order valence-electron chi connectivity index (χ2n) is 2.17. The highest BCUT2D eigenvalue weighted by atomic mass is 79.9. The molecule has 72 valence electrons. The Bertz CT molecular complexity index is 291. The van der Waals surface area contributed by atoms with Crippen LogP contribution in [0.3, 0.4) is 0 Å². The van der Waals surface area contributed by atoms with E-state index in [1.807, 2.05) is 0 Å². The molecule has 0 fully saturated rings. The van der Waals surface area contributed by atoms with Gasteiger partial charge in [-0.15, -0.1) is 0 Å². The Labute approximate surface area is 82.6 Å². The predicted molar refractivity (Wildman–Crippen MR) is 47.3 cm³/mol. The number of methoxy groups -OCH3 is 1. The molecule has 0 radical (unpaired) electrons. The molecule has 1 rings (SSSR count). The Kier molecular flexibility index (Phi) is 3.48. The molecule has 0 spiro atoms. The molecule has 0 amide bonds. The van der Waals surface area contributed by atoms with Crippen molar-refractivity contribution >= 4 is 15.9 Å². The molecule has 0 aliphatic carbocycles. The maximum Gasteiger partial charge on any atom is 0.387 e. The fourth-order valence-electron chi connectivity index (χ4n) is 0.816. The molecule has 1 aromatic rings. The number of benzene rings is 1. The topological polar surface area (TPSA) is 18.5 Å². The van der Waals surface area contributed by atoms with Gasteiger partial charge in [-0.05, 0) is 28.1 Å². The van der Waals surface area contributed by atoms with E-state index in [0.717, 1.165) is 0 Å². The highest BCUT2D eigenvalue weighted by Gasteiger charge is 2.06. The van der Waals surface area contributed by atoms with Gasteiger partial charge >= 0.3 is 6.61 Å². The van der Waals surface area contributed by atoms with E-state index in [9.17, 15) is 8.78 Å². The number of alkyl halides is 2. The lowest BCUT2D eigenvalue weighted by Crippen LogP contribution is -2.01. The third-order valence-corrected chi connectivity index (χ3v) is 2.00. The van der Waals surface area contributed by atoms with Gasteiger partial charge in [-0.1, -0.05) is 0 Å². The van der Waals surface area contributed by atoms with Crippen LogP contribution in [0.5, 0.6) is 11.5 Å². The zero-order valence-corrected chi connectivity index (χ0v) is 8.35. The lowest BCUT2D eigenvalue weighted by Gasteiger charge is -2.07. The van der Waals surface area contributed by atoms with Gasteiger partial charge in [-0.2, -0.15) is 8.78 Å². The summed E-state index contributed by atoms with van der Waals surface area (Å²) >= 11 is 3.19. The maximum absolute atomic E-state index is 11.8. The summed E-state index contributed by atoms with van der Waals surface area (Å²) in [5, 5.41) is 0. The molecule has 13 heavy (non-hydrogen) atoms. The minimum absolute atomic E-state index is 0.0788. The lowest BCUT2D eigenvalue weighted by atomic mass is 10.3. The molecule has 0 aromatic heterocycles. The van der Waals surface area contributed by atoms with Crippen LogP contribution in [-0.4, -0.2) is 13.7 Å². The summed E-state index contributed by atoms with van der Waals surface area (Å²) in [4.78, 5) is 0. The smallest absolute Gasteiger partial charge is 0.387 e. The number of hydrogen-bond acceptors (Lipinski definition) is 2. The summed E-state index contributed by atoms with van der Waals surface area (Å²) in [7, 11) is 1.45. The van der Waals surface area contributed by atoms with Gasteiger partial charge in [0.2, 0.25) is 0 Å². The first-order valence-corrected chi connectivity index (χ1v) is 4.21. The van der Waals surface area contributed by atoms with Crippen LogP contribution in [0.15, 0.2) is 22.7 Å². The van der Waals surface area contributed by atoms with Crippen molar-refractivity contribution in [3.8, 4) is 11.5 Å². The van der Waals surface area contributed by atoms with E-state index < -0.39 is 6.61 Å². The average molecular weight is 253 g/mol. The Balaban J connectivity index is 2.86. The highest BCUT2D eigenvalue weighted by Crippen LogP contribution is 2.29. The van der Waals surface area contributed by atoms with Crippen molar-refractivity contribution < 1.29 is 18.3 Å². The van der Waals surface area contributed by atoms with Crippen LogP contribution >= 0.6 is 15.9 Å². The molecule has 5 heteroatoms. The molecule has 0 bridgehead atoms. The van der Waals surface area contributed by atoms with E-state index in [-0.39, 0.29) is 5.75 Å². The van der Waals surface area contributed by atoms with Gasteiger partial charge in [0.15, 0.2) is 0 Å². The van der Waals surface area contributed by atoms with Crippen LogP contribution in [0.1, 0.15) is 0 Å². The molecule has 1 aromatic carbocycles. The van der Waals surface area contributed by atoms with E-state index >= 15 is 0 Å². The molecular formula is C8H7BrF2O2. The minimum atomic E-state index is -2.81. The third-order valence-electron chi connectivity index (χ3n) is 1.35. The van der Waals surface area contributed by atoms with Gasteiger partial charge in [0, 0.05) is 6.07 Å². The normalized spacial score (nSPS) is 10.2. The standard InChI is InChI=1S/C8H7BrF2O2/c1-12-7-4-5(13-8(10)11)2-3-6(7)9/h2-4,8H,1H3. The second-order valence-corrected chi connectivity index (χ2v) is 3.03. The molecule has 0 aliphatic heterocycles. The van der Waals surface area contributed by atoms with E-state index in [4.69, 9.17) is 4.74 Å². The molecule has 0 heterocycles. The van der Waals surface area contributed by atoms with Crippen LogP contribution in [0, 0.1) is 0 Å². The first-order chi connectivity index (χ1) is 6.13. The summed E-state index contributed by atoms with van der Waals surface area (Å²) < 4.78 is 33.3. The van der Waals surface area contributed by atoms with Crippen molar-refractivity contribution in [2.75, 3.05) is 7.11 Å². The average Bonchev–Trinajstić information content (AvgIpc) is 2.07. The molecule has 0 saturated heterocycles. The second kappa shape index (κ2) is 4.41. The van der Waals surface area contributed by atoms with Crippen LogP contribution in [0.2, 0.25) is 0 Å². The number of halogens is 3. The first-order valence-electron chi connectivity index (χ1n) is 3.42. The number of rotatable bonds is 3. The Hall–Kier alpha value is -0.840. The van der Waals surface area contributed by atoms with Gasteiger partial charge in [0.25, 0.3) is 0 Å². The molecule has 2 nitrogen and oxygen atoms in total. The van der Waals surface area contributed by atoms with Crippen molar-refractivity contribution in [3.63, 3.8) is 0 Å². The molecule has 0 atom stereocenters. The van der Waals surface area contributed by atoms with Crippen molar-refractivity contribution in [1.29, 1.82) is 0 Å². The first kappa shape index (κ1) is 10.2. The number of ether oxygens (including phenoxy) is 2. The molecule has 0 saturated carbocycles. The fraction of sp³-hybridized carbons (Fsp3) is 0.250. The third kappa shape index (κ3) is 2.84. The monoisotopic (exact) mass is 252 g/mol. The summed E-state index contributed by atoms with van der Waals surface area (Å²) in [5.41, 5.74) is 0. The lowest BCUT2D eigenvalue weighted by molar-refractivity contribution is -0.0499. The summed E-state index contributed by atoms with van der Waals surface area (Å²) in [6.07, 6.45) is 0. The van der Waals surface area contributed by atoms with Crippen LogP contribution in [0.4, 0.5) is 8.78 Å². The summed E-state index contributed by atoms with van der Waals surface area (Å²) in [6.45, 7) is -2.81. The van der Waals surface area contributed by atoms with Crippen molar-refractivity contribution in [2.45, 2.75) is 6.61 Å². The largest absolute Gasteiger partial charge is 0.495 e. The van der Waals surface area contributed by atoms with Gasteiger partial charge in [-0.25, -0.2) is 0 Å². The summed E-state index contributed by atoms with van der Waals surface area (Å²) in [5.74, 6) is 0.535. The number of hydrogen-bond donors (Lipinski definition) is 0. The van der Waals surface area contributed by atoms with Gasteiger partial charge in [0.05, 0.1) is 11.6 Å². The maximum atomic E-state index is 11.8. The SMILES string of the molecule is COc1cc(OC(F)F)ccc1Br. The van der Waals surface area contributed by atoms with Crippen molar-refractivity contribution in [3.05, 3.63) is 22.7 Å². The Morgan fingerprint density at radius 1 is 1.38 bits per heavy atom. The van der Waals surface area contributed by atoms with Crippen LogP contribution < -0.4 is 9.47 Å². The van der Waals surface area contributed by atoms with Crippen molar-refractivity contribution in [2.24, 2.45) is 0 Å². The fourth-order valence-corrected chi connectivity index (χ4v) is 1.22. The highest BCUT2D eigenvalue weighted by molar-refractivity contribution is 9.10. The van der Waals surface area contributed by atoms with Crippen LogP contribution in [0.25, 0.3) is 0 Å². The van der Waals surface area contributed by atoms with E-state index in [0.29, 0.717) is 10.2 Å². The van der Waals surface area contributed by atoms with E-state index in [1.54, 1.807) is 6.07 Å². The molecular weight excluding hydrogens is 246 g/mol. The Morgan fingerprint density at radius 3 is 2.62 bits per heavy atom. The van der Waals surface area contributed by atoms with E-state index in [1.165, 1.54) is 19.2 Å². The van der Waals surface area contributed by atoms with Gasteiger partial charge in [-0.3, -0.25) is 0 Å². The van der Waals surface area contributed by atoms with Gasteiger partial charge in [0.1, 0.15) is 11.5 Å². The molecule has 0 N–H and O–H groups in total. The quantitative estimate of drug-likeness (QED) is 0.824. The zero-order valence-electron chi connectivity index (χ0n) is 6.76. The molecule has 0 unspecified atom stereocenters. The summed E-state index contributed by atoms with van der Waals surface area (Å²) in [6, 6.07) is 4.39. The van der Waals surface area contributed by atoms with E-state index in [2.05, 4.69) is 20.7 Å². The van der Waals surface area contributed by atoms with Crippen molar-refractivity contribution in [1.82, 2.24) is 0 Å². The predicted octanol–water partition coefficient (Wildman–Crippen LogP) is 3.06. The zero-order chi connectivity index (χ0) is 9.84. The Morgan fingerprint density at radius 2 is 2.08 bits per heavy atom. The van der Waals surface area contributed by atoms with Crippen LogP contribution in [-0.2, 0) is 0 Å². The molecule has 0 aliphatic rings.